The first-order chi connectivity index (χ1) is 13.2. The van der Waals surface area contributed by atoms with E-state index in [-0.39, 0.29) is 5.91 Å². The highest BCUT2D eigenvalue weighted by atomic mass is 16.5. The van der Waals surface area contributed by atoms with Gasteiger partial charge in [-0.1, -0.05) is 24.3 Å². The van der Waals surface area contributed by atoms with Crippen LogP contribution in [0.5, 0.6) is 5.75 Å². The number of benzene rings is 2. The van der Waals surface area contributed by atoms with E-state index in [1.807, 2.05) is 19.1 Å². The van der Waals surface area contributed by atoms with Crippen LogP contribution in [0.1, 0.15) is 42.4 Å². The first-order valence-electron chi connectivity index (χ1n) is 9.90. The summed E-state index contributed by atoms with van der Waals surface area (Å²) in [7, 11) is 1.68. The third kappa shape index (κ3) is 5.49. The highest BCUT2D eigenvalue weighted by molar-refractivity contribution is 5.76. The van der Waals surface area contributed by atoms with Gasteiger partial charge in [-0.3, -0.25) is 4.79 Å². The van der Waals surface area contributed by atoms with E-state index in [1.54, 1.807) is 7.11 Å². The Balaban J connectivity index is 1.44. The minimum Gasteiger partial charge on any atom is -0.496 e. The SMILES string of the molecule is COc1ccc(CCC(=O)NCc2ccc(N3CCCCC3)cc2)cc1C. The summed E-state index contributed by atoms with van der Waals surface area (Å²) in [5, 5.41) is 3.03. The van der Waals surface area contributed by atoms with Crippen molar-refractivity contribution in [2.45, 2.75) is 45.6 Å². The quantitative estimate of drug-likeness (QED) is 0.797. The fraction of sp³-hybridized carbons (Fsp3) is 0.435. The smallest absolute Gasteiger partial charge is 0.220 e. The van der Waals surface area contributed by atoms with E-state index in [1.165, 1.54) is 24.9 Å². The van der Waals surface area contributed by atoms with Crippen LogP contribution < -0.4 is 15.0 Å². The molecule has 0 aromatic heterocycles. The molecule has 0 saturated carbocycles. The summed E-state index contributed by atoms with van der Waals surface area (Å²) in [6.45, 7) is 4.92. The molecule has 2 aromatic carbocycles. The van der Waals surface area contributed by atoms with Crippen molar-refractivity contribution in [3.63, 3.8) is 0 Å². The van der Waals surface area contributed by atoms with Gasteiger partial charge in [-0.15, -0.1) is 0 Å². The van der Waals surface area contributed by atoms with E-state index in [0.717, 1.165) is 42.0 Å². The fourth-order valence-corrected chi connectivity index (χ4v) is 3.62. The molecule has 4 heteroatoms. The summed E-state index contributed by atoms with van der Waals surface area (Å²) in [6.07, 6.45) is 5.15. The van der Waals surface area contributed by atoms with Gasteiger partial charge in [-0.05, 0) is 67.5 Å². The van der Waals surface area contributed by atoms with E-state index < -0.39 is 0 Å². The number of aryl methyl sites for hydroxylation is 2. The van der Waals surface area contributed by atoms with E-state index in [0.29, 0.717) is 13.0 Å². The highest BCUT2D eigenvalue weighted by Gasteiger charge is 2.10. The van der Waals surface area contributed by atoms with Crippen molar-refractivity contribution in [3.05, 3.63) is 59.2 Å². The van der Waals surface area contributed by atoms with Crippen molar-refractivity contribution in [2.75, 3.05) is 25.1 Å². The molecule has 1 heterocycles. The topological polar surface area (TPSA) is 41.6 Å². The summed E-state index contributed by atoms with van der Waals surface area (Å²) in [4.78, 5) is 14.6. The van der Waals surface area contributed by atoms with Gasteiger partial charge in [-0.25, -0.2) is 0 Å². The molecule has 0 aliphatic carbocycles. The predicted octanol–water partition coefficient (Wildman–Crippen LogP) is 4.24. The average molecular weight is 367 g/mol. The van der Waals surface area contributed by atoms with E-state index in [2.05, 4.69) is 40.5 Å². The van der Waals surface area contributed by atoms with E-state index in [9.17, 15) is 4.79 Å². The number of anilines is 1. The van der Waals surface area contributed by atoms with Crippen LogP contribution >= 0.6 is 0 Å². The molecule has 3 rings (SSSR count). The molecule has 1 aliphatic heterocycles. The zero-order valence-electron chi connectivity index (χ0n) is 16.5. The van der Waals surface area contributed by atoms with Crippen LogP contribution in [-0.2, 0) is 17.8 Å². The molecule has 0 atom stereocenters. The third-order valence-electron chi connectivity index (χ3n) is 5.25. The number of carbonyl (C=O) groups is 1. The van der Waals surface area contributed by atoms with Crippen LogP contribution in [0, 0.1) is 6.92 Å². The van der Waals surface area contributed by atoms with Crippen LogP contribution in [0.4, 0.5) is 5.69 Å². The molecule has 0 radical (unpaired) electrons. The largest absolute Gasteiger partial charge is 0.496 e. The van der Waals surface area contributed by atoms with Gasteiger partial charge in [0.1, 0.15) is 5.75 Å². The molecule has 27 heavy (non-hydrogen) atoms. The first-order valence-corrected chi connectivity index (χ1v) is 9.90. The Kier molecular flexibility index (Phi) is 6.74. The number of carbonyl (C=O) groups excluding carboxylic acids is 1. The lowest BCUT2D eigenvalue weighted by atomic mass is 10.1. The Morgan fingerprint density at radius 2 is 1.74 bits per heavy atom. The number of nitrogens with zero attached hydrogens (tertiary/aromatic N) is 1. The van der Waals surface area contributed by atoms with Gasteiger partial charge in [0.05, 0.1) is 7.11 Å². The van der Waals surface area contributed by atoms with Gasteiger partial charge in [-0.2, -0.15) is 0 Å². The Bertz CT molecular complexity index is 749. The molecule has 0 unspecified atom stereocenters. The van der Waals surface area contributed by atoms with Gasteiger partial charge in [0.2, 0.25) is 5.91 Å². The summed E-state index contributed by atoms with van der Waals surface area (Å²) in [5.41, 5.74) is 4.70. The average Bonchev–Trinajstić information content (AvgIpc) is 2.72. The summed E-state index contributed by atoms with van der Waals surface area (Å²) < 4.78 is 5.28. The van der Waals surface area contributed by atoms with E-state index >= 15 is 0 Å². The highest BCUT2D eigenvalue weighted by Crippen LogP contribution is 2.21. The lowest BCUT2D eigenvalue weighted by Crippen LogP contribution is -2.29. The summed E-state index contributed by atoms with van der Waals surface area (Å²) >= 11 is 0. The molecule has 1 saturated heterocycles. The van der Waals surface area contributed by atoms with Crippen molar-refractivity contribution >= 4 is 11.6 Å². The second-order valence-corrected chi connectivity index (χ2v) is 7.29. The molecule has 0 bridgehead atoms. The van der Waals surface area contributed by atoms with Crippen molar-refractivity contribution < 1.29 is 9.53 Å². The number of amides is 1. The van der Waals surface area contributed by atoms with Crippen molar-refractivity contribution in [1.82, 2.24) is 5.32 Å². The number of hydrogen-bond acceptors (Lipinski definition) is 3. The Morgan fingerprint density at radius 1 is 1.04 bits per heavy atom. The molecular formula is C23H30N2O2. The second-order valence-electron chi connectivity index (χ2n) is 7.29. The Hall–Kier alpha value is -2.49. The Labute approximate surface area is 162 Å². The maximum Gasteiger partial charge on any atom is 0.220 e. The number of ether oxygens (including phenoxy) is 1. The van der Waals surface area contributed by atoms with Crippen LogP contribution in [0.2, 0.25) is 0 Å². The fourth-order valence-electron chi connectivity index (χ4n) is 3.62. The predicted molar refractivity (Wildman–Crippen MR) is 110 cm³/mol. The monoisotopic (exact) mass is 366 g/mol. The minimum absolute atomic E-state index is 0.0866. The molecule has 2 aromatic rings. The number of hydrogen-bond donors (Lipinski definition) is 1. The summed E-state index contributed by atoms with van der Waals surface area (Å²) in [5.74, 6) is 0.972. The first kappa shape index (κ1) is 19.3. The number of rotatable bonds is 7. The minimum atomic E-state index is 0.0866. The molecule has 4 nitrogen and oxygen atoms in total. The molecular weight excluding hydrogens is 336 g/mol. The normalized spacial score (nSPS) is 14.1. The molecule has 144 valence electrons. The third-order valence-corrected chi connectivity index (χ3v) is 5.25. The standard InChI is InChI=1S/C23H30N2O2/c1-18-16-19(8-12-22(18)27-2)9-13-23(26)24-17-20-6-10-21(11-7-20)25-14-4-3-5-15-25/h6-8,10-12,16H,3-5,9,13-15,17H2,1-2H3,(H,24,26). The van der Waals surface area contributed by atoms with Crippen LogP contribution in [0.25, 0.3) is 0 Å². The maximum absolute atomic E-state index is 12.2. The van der Waals surface area contributed by atoms with Gasteiger partial charge in [0.25, 0.3) is 0 Å². The van der Waals surface area contributed by atoms with E-state index in [4.69, 9.17) is 4.74 Å². The second kappa shape index (κ2) is 9.45. The summed E-state index contributed by atoms with van der Waals surface area (Å²) in [6, 6.07) is 14.7. The lowest BCUT2D eigenvalue weighted by Gasteiger charge is -2.28. The lowest BCUT2D eigenvalue weighted by molar-refractivity contribution is -0.121. The zero-order chi connectivity index (χ0) is 19.1. The van der Waals surface area contributed by atoms with Gasteiger partial charge in [0, 0.05) is 31.7 Å². The van der Waals surface area contributed by atoms with Gasteiger partial charge in [0.15, 0.2) is 0 Å². The molecule has 1 fully saturated rings. The van der Waals surface area contributed by atoms with Gasteiger partial charge < -0.3 is 15.0 Å². The van der Waals surface area contributed by atoms with Gasteiger partial charge >= 0.3 is 0 Å². The van der Waals surface area contributed by atoms with Crippen molar-refractivity contribution in [3.8, 4) is 5.75 Å². The molecule has 1 N–H and O–H groups in total. The number of nitrogens with one attached hydrogen (secondary N) is 1. The van der Waals surface area contributed by atoms with Crippen LogP contribution in [0.3, 0.4) is 0 Å². The number of piperidine rings is 1. The molecule has 0 spiro atoms. The van der Waals surface area contributed by atoms with Crippen LogP contribution in [-0.4, -0.2) is 26.1 Å². The molecule has 1 amide bonds. The maximum atomic E-state index is 12.2. The van der Waals surface area contributed by atoms with Crippen LogP contribution in [0.15, 0.2) is 42.5 Å². The number of methoxy groups -OCH3 is 1. The van der Waals surface area contributed by atoms with Crippen molar-refractivity contribution in [1.29, 1.82) is 0 Å². The van der Waals surface area contributed by atoms with Crippen molar-refractivity contribution in [2.24, 2.45) is 0 Å². The zero-order valence-corrected chi connectivity index (χ0v) is 16.5. The molecule has 1 aliphatic rings. The Morgan fingerprint density at radius 3 is 2.41 bits per heavy atom.